The van der Waals surface area contributed by atoms with Crippen molar-refractivity contribution in [3.05, 3.63) is 34.9 Å². The average molecular weight is 280 g/mol. The summed E-state index contributed by atoms with van der Waals surface area (Å²) in [5.74, 6) is 0. The van der Waals surface area contributed by atoms with Crippen molar-refractivity contribution in [2.45, 2.75) is 56.7 Å². The van der Waals surface area contributed by atoms with Crippen LogP contribution in [0.5, 0.6) is 0 Å². The van der Waals surface area contributed by atoms with Crippen molar-refractivity contribution in [1.82, 2.24) is 5.32 Å². The van der Waals surface area contributed by atoms with Crippen LogP contribution < -0.4 is 5.32 Å². The Balaban J connectivity index is 1.61. The number of benzene rings is 1. The van der Waals surface area contributed by atoms with Gasteiger partial charge in [0.25, 0.3) is 0 Å². The van der Waals surface area contributed by atoms with E-state index in [1.54, 1.807) is 0 Å². The number of ether oxygens (including phenoxy) is 1. The molecule has 1 saturated heterocycles. The second-order valence-corrected chi connectivity index (χ2v) is 6.45. The van der Waals surface area contributed by atoms with E-state index < -0.39 is 0 Å². The summed E-state index contributed by atoms with van der Waals surface area (Å²) in [4.78, 5) is 0. The lowest BCUT2D eigenvalue weighted by atomic mass is 9.74. The van der Waals surface area contributed by atoms with E-state index in [9.17, 15) is 0 Å². The zero-order valence-corrected chi connectivity index (χ0v) is 12.2. The van der Waals surface area contributed by atoms with Gasteiger partial charge in [-0.05, 0) is 56.7 Å². The Morgan fingerprint density at radius 2 is 2.26 bits per heavy atom. The summed E-state index contributed by atoms with van der Waals surface area (Å²) < 4.78 is 5.98. The molecule has 1 N–H and O–H groups in total. The van der Waals surface area contributed by atoms with E-state index in [1.807, 2.05) is 12.1 Å². The topological polar surface area (TPSA) is 21.3 Å². The van der Waals surface area contributed by atoms with Crippen molar-refractivity contribution in [1.29, 1.82) is 0 Å². The van der Waals surface area contributed by atoms with Gasteiger partial charge in [-0.15, -0.1) is 0 Å². The quantitative estimate of drug-likeness (QED) is 0.900. The van der Waals surface area contributed by atoms with Crippen LogP contribution in [0.25, 0.3) is 0 Å². The maximum Gasteiger partial charge on any atom is 0.0697 e. The first-order chi connectivity index (χ1) is 9.17. The van der Waals surface area contributed by atoms with Crippen LogP contribution in [0.2, 0.25) is 5.02 Å². The lowest BCUT2D eigenvalue weighted by Crippen LogP contribution is -2.51. The molecule has 3 heteroatoms. The van der Waals surface area contributed by atoms with Gasteiger partial charge in [-0.2, -0.15) is 0 Å². The molecule has 1 heterocycles. The molecule has 1 aromatic carbocycles. The van der Waals surface area contributed by atoms with Gasteiger partial charge in [-0.3, -0.25) is 0 Å². The van der Waals surface area contributed by atoms with Crippen LogP contribution in [0, 0.1) is 0 Å². The number of halogens is 1. The highest BCUT2D eigenvalue weighted by atomic mass is 35.5. The minimum absolute atomic E-state index is 0.212. The fourth-order valence-corrected chi connectivity index (χ4v) is 3.51. The van der Waals surface area contributed by atoms with Gasteiger partial charge in [-0.1, -0.05) is 23.7 Å². The van der Waals surface area contributed by atoms with Crippen molar-refractivity contribution >= 4 is 11.6 Å². The minimum Gasteiger partial charge on any atom is -0.375 e. The van der Waals surface area contributed by atoms with E-state index in [0.29, 0.717) is 12.1 Å². The molecule has 2 aliphatic rings. The van der Waals surface area contributed by atoms with E-state index in [-0.39, 0.29) is 5.60 Å². The zero-order chi connectivity index (χ0) is 13.3. The molecule has 1 aromatic rings. The van der Waals surface area contributed by atoms with Gasteiger partial charge in [0.1, 0.15) is 0 Å². The molecule has 0 amide bonds. The third-order valence-corrected chi connectivity index (χ3v) is 4.83. The predicted octanol–water partition coefficient (Wildman–Crippen LogP) is 4.09. The van der Waals surface area contributed by atoms with E-state index in [1.165, 1.54) is 24.8 Å². The smallest absolute Gasteiger partial charge is 0.0697 e. The van der Waals surface area contributed by atoms with Gasteiger partial charge >= 0.3 is 0 Å². The fraction of sp³-hybridized carbons (Fsp3) is 0.625. The first-order valence-corrected chi connectivity index (χ1v) is 7.70. The van der Waals surface area contributed by atoms with Crippen molar-refractivity contribution in [3.8, 4) is 0 Å². The van der Waals surface area contributed by atoms with Crippen molar-refractivity contribution in [3.63, 3.8) is 0 Å². The normalized spacial score (nSPS) is 26.9. The highest BCUT2D eigenvalue weighted by Crippen LogP contribution is 2.42. The standard InChI is InChI=1S/C16H22ClNO/c1-12(13-4-2-5-14(17)10-13)18-15-6-9-19-16(11-15)7-3-8-16/h2,4-5,10,12,15,18H,3,6-9,11H2,1H3/t12-,15?/m0/s1. The largest absolute Gasteiger partial charge is 0.375 e. The summed E-state index contributed by atoms with van der Waals surface area (Å²) >= 11 is 6.06. The van der Waals surface area contributed by atoms with E-state index in [0.717, 1.165) is 24.5 Å². The highest BCUT2D eigenvalue weighted by molar-refractivity contribution is 6.30. The third kappa shape index (κ3) is 2.96. The maximum atomic E-state index is 6.06. The Morgan fingerprint density at radius 1 is 1.42 bits per heavy atom. The first-order valence-electron chi connectivity index (χ1n) is 7.32. The molecule has 1 saturated carbocycles. The second kappa shape index (κ2) is 5.43. The molecular formula is C16H22ClNO. The summed E-state index contributed by atoms with van der Waals surface area (Å²) in [6.07, 6.45) is 6.11. The molecule has 19 heavy (non-hydrogen) atoms. The summed E-state index contributed by atoms with van der Waals surface area (Å²) in [6, 6.07) is 9.06. The van der Waals surface area contributed by atoms with Crippen LogP contribution >= 0.6 is 11.6 Å². The number of nitrogens with one attached hydrogen (secondary N) is 1. The molecule has 1 aliphatic carbocycles. The van der Waals surface area contributed by atoms with Crippen LogP contribution in [0.1, 0.15) is 50.6 Å². The first kappa shape index (κ1) is 13.4. The van der Waals surface area contributed by atoms with Gasteiger partial charge in [0.15, 0.2) is 0 Å². The molecule has 104 valence electrons. The summed E-state index contributed by atoms with van der Waals surface area (Å²) in [5.41, 5.74) is 1.48. The SMILES string of the molecule is C[C@H](NC1CCOC2(CCC2)C1)c1cccc(Cl)c1. The van der Waals surface area contributed by atoms with Gasteiger partial charge in [0.2, 0.25) is 0 Å². The summed E-state index contributed by atoms with van der Waals surface area (Å²) in [6.45, 7) is 3.12. The Bertz CT molecular complexity index is 444. The number of hydrogen-bond acceptors (Lipinski definition) is 2. The molecule has 2 fully saturated rings. The van der Waals surface area contributed by atoms with Gasteiger partial charge in [0, 0.05) is 23.7 Å². The summed E-state index contributed by atoms with van der Waals surface area (Å²) in [5, 5.41) is 4.56. The molecule has 0 radical (unpaired) electrons. The van der Waals surface area contributed by atoms with Crippen LogP contribution in [-0.4, -0.2) is 18.2 Å². The summed E-state index contributed by atoms with van der Waals surface area (Å²) in [7, 11) is 0. The molecular weight excluding hydrogens is 258 g/mol. The van der Waals surface area contributed by atoms with Gasteiger partial charge < -0.3 is 10.1 Å². The lowest BCUT2D eigenvalue weighted by molar-refractivity contribution is -0.136. The zero-order valence-electron chi connectivity index (χ0n) is 11.5. The van der Waals surface area contributed by atoms with E-state index >= 15 is 0 Å². The highest BCUT2D eigenvalue weighted by Gasteiger charge is 2.42. The van der Waals surface area contributed by atoms with Gasteiger partial charge in [-0.25, -0.2) is 0 Å². The lowest BCUT2D eigenvalue weighted by Gasteiger charge is -2.47. The third-order valence-electron chi connectivity index (χ3n) is 4.59. The van der Waals surface area contributed by atoms with Crippen LogP contribution in [0.15, 0.2) is 24.3 Å². The Hall–Kier alpha value is -0.570. The minimum atomic E-state index is 0.212. The van der Waals surface area contributed by atoms with Crippen molar-refractivity contribution in [2.75, 3.05) is 6.61 Å². The molecule has 0 aromatic heterocycles. The molecule has 1 aliphatic heterocycles. The fourth-order valence-electron chi connectivity index (χ4n) is 3.32. The van der Waals surface area contributed by atoms with E-state index in [2.05, 4.69) is 24.4 Å². The molecule has 2 nitrogen and oxygen atoms in total. The maximum absolute atomic E-state index is 6.06. The predicted molar refractivity (Wildman–Crippen MR) is 78.6 cm³/mol. The molecule has 0 bridgehead atoms. The van der Waals surface area contributed by atoms with Gasteiger partial charge in [0.05, 0.1) is 5.60 Å². The van der Waals surface area contributed by atoms with Crippen LogP contribution in [0.4, 0.5) is 0 Å². The molecule has 3 rings (SSSR count). The average Bonchev–Trinajstić information content (AvgIpc) is 2.37. The Morgan fingerprint density at radius 3 is 2.95 bits per heavy atom. The molecule has 1 unspecified atom stereocenters. The van der Waals surface area contributed by atoms with E-state index in [4.69, 9.17) is 16.3 Å². The second-order valence-electron chi connectivity index (χ2n) is 6.02. The Kier molecular flexibility index (Phi) is 3.84. The number of rotatable bonds is 3. The van der Waals surface area contributed by atoms with Crippen LogP contribution in [-0.2, 0) is 4.74 Å². The Labute approximate surface area is 120 Å². The molecule has 1 spiro atoms. The molecule has 2 atom stereocenters. The van der Waals surface area contributed by atoms with Crippen LogP contribution in [0.3, 0.4) is 0 Å². The monoisotopic (exact) mass is 279 g/mol. The van der Waals surface area contributed by atoms with Crippen molar-refractivity contribution in [2.24, 2.45) is 0 Å². The number of hydrogen-bond donors (Lipinski definition) is 1. The van der Waals surface area contributed by atoms with Crippen molar-refractivity contribution < 1.29 is 4.74 Å².